The van der Waals surface area contributed by atoms with Gasteiger partial charge in [0.15, 0.2) is 6.10 Å². The maximum Gasteiger partial charge on any atom is 0.323 e. The molecule has 0 saturated carbocycles. The first kappa shape index (κ1) is 24.9. The largest absolute Gasteiger partial charge is 0.497 e. The number of fused-ring (bicyclic) bond motifs is 1. The second-order valence-electron chi connectivity index (χ2n) is 8.47. The smallest absolute Gasteiger partial charge is 0.323 e. The molecule has 8 heteroatoms. The zero-order chi connectivity index (χ0) is 25.5. The van der Waals surface area contributed by atoms with E-state index >= 15 is 0 Å². The van der Waals surface area contributed by atoms with Crippen LogP contribution in [0.25, 0.3) is 0 Å². The van der Waals surface area contributed by atoms with E-state index < -0.39 is 6.10 Å². The average molecular weight is 490 g/mol. The van der Waals surface area contributed by atoms with Crippen LogP contribution < -0.4 is 24.8 Å². The Labute approximate surface area is 211 Å². The summed E-state index contributed by atoms with van der Waals surface area (Å²) in [6.45, 7) is 2.84. The van der Waals surface area contributed by atoms with Gasteiger partial charge in [-0.1, -0.05) is 31.2 Å². The van der Waals surface area contributed by atoms with Gasteiger partial charge in [0.1, 0.15) is 17.2 Å². The number of amides is 3. The highest BCUT2D eigenvalue weighted by atomic mass is 16.5. The van der Waals surface area contributed by atoms with Gasteiger partial charge in [0, 0.05) is 36.1 Å². The summed E-state index contributed by atoms with van der Waals surface area (Å²) in [7, 11) is 3.22. The van der Waals surface area contributed by atoms with Crippen LogP contribution in [0, 0.1) is 0 Å². The van der Waals surface area contributed by atoms with E-state index in [1.807, 2.05) is 42.2 Å². The minimum Gasteiger partial charge on any atom is -0.497 e. The Balaban J connectivity index is 1.49. The maximum absolute atomic E-state index is 13.2. The summed E-state index contributed by atoms with van der Waals surface area (Å²) in [5, 5.41) is 5.66. The van der Waals surface area contributed by atoms with Gasteiger partial charge in [0.05, 0.1) is 14.2 Å². The fourth-order valence-electron chi connectivity index (χ4n) is 4.19. The first-order chi connectivity index (χ1) is 17.5. The summed E-state index contributed by atoms with van der Waals surface area (Å²) in [4.78, 5) is 27.6. The van der Waals surface area contributed by atoms with E-state index in [0.29, 0.717) is 48.8 Å². The fourth-order valence-corrected chi connectivity index (χ4v) is 4.19. The molecule has 0 radical (unpaired) electrons. The number of benzene rings is 3. The van der Waals surface area contributed by atoms with E-state index in [-0.39, 0.29) is 11.9 Å². The van der Waals surface area contributed by atoms with Crippen molar-refractivity contribution in [1.29, 1.82) is 0 Å². The molecule has 1 unspecified atom stereocenters. The van der Waals surface area contributed by atoms with Crippen LogP contribution in [0.1, 0.15) is 24.5 Å². The number of carbonyl (C=O) groups is 2. The van der Waals surface area contributed by atoms with Gasteiger partial charge < -0.3 is 29.7 Å². The van der Waals surface area contributed by atoms with E-state index in [4.69, 9.17) is 14.2 Å². The first-order valence-corrected chi connectivity index (χ1v) is 11.9. The van der Waals surface area contributed by atoms with Gasteiger partial charge in [-0.2, -0.15) is 0 Å². The molecule has 0 spiro atoms. The van der Waals surface area contributed by atoms with Gasteiger partial charge in [0.2, 0.25) is 0 Å². The third-order valence-electron chi connectivity index (χ3n) is 6.08. The number of urea groups is 1. The monoisotopic (exact) mass is 489 g/mol. The van der Waals surface area contributed by atoms with Crippen molar-refractivity contribution in [2.75, 3.05) is 31.4 Å². The highest BCUT2D eigenvalue weighted by Gasteiger charge is 2.30. The zero-order valence-electron chi connectivity index (χ0n) is 20.7. The number of rotatable bonds is 8. The summed E-state index contributed by atoms with van der Waals surface area (Å²) in [6, 6.07) is 20.0. The molecule has 4 rings (SSSR count). The van der Waals surface area contributed by atoms with Crippen LogP contribution >= 0.6 is 0 Å². The molecular weight excluding hydrogens is 458 g/mol. The van der Waals surface area contributed by atoms with Crippen molar-refractivity contribution in [3.05, 3.63) is 77.9 Å². The van der Waals surface area contributed by atoms with Crippen LogP contribution in [0.4, 0.5) is 16.2 Å². The van der Waals surface area contributed by atoms with Gasteiger partial charge in [-0.15, -0.1) is 0 Å². The number of nitrogens with zero attached hydrogens (tertiary/aromatic N) is 1. The molecule has 8 nitrogen and oxygen atoms in total. The molecule has 1 atom stereocenters. The molecule has 3 amide bonds. The zero-order valence-corrected chi connectivity index (χ0v) is 20.7. The Morgan fingerprint density at radius 2 is 1.78 bits per heavy atom. The first-order valence-electron chi connectivity index (χ1n) is 11.9. The lowest BCUT2D eigenvalue weighted by Gasteiger charge is -2.23. The van der Waals surface area contributed by atoms with E-state index in [1.165, 1.54) is 0 Å². The molecule has 1 aliphatic rings. The van der Waals surface area contributed by atoms with Crippen LogP contribution in [0.2, 0.25) is 0 Å². The fraction of sp³-hybridized carbons (Fsp3) is 0.286. The Hall–Kier alpha value is -4.20. The SMILES string of the molecule is CCC1Oc2ccc(NC(=O)Nc3cccc(OC)c3)cc2CN(CCc2ccccc2OC)C1=O. The second kappa shape index (κ2) is 11.5. The molecule has 0 fully saturated rings. The molecule has 0 aliphatic carbocycles. The van der Waals surface area contributed by atoms with Crippen LogP contribution in [0.3, 0.4) is 0 Å². The highest BCUT2D eigenvalue weighted by molar-refractivity contribution is 6.00. The van der Waals surface area contributed by atoms with Crippen molar-refractivity contribution in [3.63, 3.8) is 0 Å². The molecule has 0 aromatic heterocycles. The molecule has 3 aromatic carbocycles. The van der Waals surface area contributed by atoms with Crippen molar-refractivity contribution in [1.82, 2.24) is 4.90 Å². The van der Waals surface area contributed by atoms with Gasteiger partial charge >= 0.3 is 6.03 Å². The predicted octanol–water partition coefficient (Wildman–Crippen LogP) is 5.09. The third-order valence-corrected chi connectivity index (χ3v) is 6.08. The summed E-state index contributed by atoms with van der Waals surface area (Å²) >= 11 is 0. The topological polar surface area (TPSA) is 89.1 Å². The second-order valence-corrected chi connectivity index (χ2v) is 8.47. The lowest BCUT2D eigenvalue weighted by Crippen LogP contribution is -2.40. The number of hydrogen-bond acceptors (Lipinski definition) is 5. The van der Waals surface area contributed by atoms with Gasteiger partial charge in [-0.3, -0.25) is 4.79 Å². The number of carbonyl (C=O) groups excluding carboxylic acids is 2. The third kappa shape index (κ3) is 5.89. The van der Waals surface area contributed by atoms with Crippen molar-refractivity contribution in [3.8, 4) is 17.2 Å². The van der Waals surface area contributed by atoms with Crippen LogP contribution in [0.15, 0.2) is 66.7 Å². The standard InChI is InChI=1S/C28H31N3O5/c1-4-24-27(32)31(15-14-19-8-5-6-11-25(19)35-3)18-20-16-22(12-13-26(20)36-24)30-28(33)29-21-9-7-10-23(17-21)34-2/h5-13,16-17,24H,4,14-15,18H2,1-3H3,(H2,29,30,33). The van der Waals surface area contributed by atoms with E-state index in [1.54, 1.807) is 50.6 Å². The number of nitrogens with one attached hydrogen (secondary N) is 2. The Bertz CT molecular complexity index is 1230. The summed E-state index contributed by atoms with van der Waals surface area (Å²) < 4.78 is 16.7. The Kier molecular flexibility index (Phi) is 7.95. The number of hydrogen-bond donors (Lipinski definition) is 2. The summed E-state index contributed by atoms with van der Waals surface area (Å²) in [6.07, 6.45) is 0.661. The molecule has 3 aromatic rings. The predicted molar refractivity (Wildman–Crippen MR) is 139 cm³/mol. The molecule has 188 valence electrons. The molecule has 0 saturated heterocycles. The molecule has 36 heavy (non-hydrogen) atoms. The van der Waals surface area contributed by atoms with E-state index in [2.05, 4.69) is 10.6 Å². The summed E-state index contributed by atoms with van der Waals surface area (Å²) in [5.74, 6) is 2.05. The minimum absolute atomic E-state index is 0.0473. The normalized spacial score (nSPS) is 14.8. The van der Waals surface area contributed by atoms with Crippen molar-refractivity contribution < 1.29 is 23.8 Å². The molecule has 1 aliphatic heterocycles. The quantitative estimate of drug-likeness (QED) is 0.460. The number of anilines is 2. The van der Waals surface area contributed by atoms with Gasteiger partial charge in [-0.05, 0) is 54.8 Å². The van der Waals surface area contributed by atoms with Gasteiger partial charge in [-0.25, -0.2) is 4.79 Å². The lowest BCUT2D eigenvalue weighted by atomic mass is 10.1. The van der Waals surface area contributed by atoms with Crippen LogP contribution in [-0.2, 0) is 17.8 Å². The van der Waals surface area contributed by atoms with Gasteiger partial charge in [0.25, 0.3) is 5.91 Å². The molecular formula is C28H31N3O5. The van der Waals surface area contributed by atoms with Crippen molar-refractivity contribution in [2.45, 2.75) is 32.4 Å². The minimum atomic E-state index is -0.556. The van der Waals surface area contributed by atoms with Crippen LogP contribution in [0.5, 0.6) is 17.2 Å². The maximum atomic E-state index is 13.2. The molecule has 2 N–H and O–H groups in total. The molecule has 1 heterocycles. The molecule has 0 bridgehead atoms. The highest BCUT2D eigenvalue weighted by Crippen LogP contribution is 2.30. The average Bonchev–Trinajstić information content (AvgIpc) is 3.03. The summed E-state index contributed by atoms with van der Waals surface area (Å²) in [5.41, 5.74) is 3.09. The number of para-hydroxylation sites is 1. The van der Waals surface area contributed by atoms with Crippen molar-refractivity contribution >= 4 is 23.3 Å². The van der Waals surface area contributed by atoms with E-state index in [0.717, 1.165) is 16.9 Å². The Morgan fingerprint density at radius 3 is 2.53 bits per heavy atom. The number of methoxy groups -OCH3 is 2. The van der Waals surface area contributed by atoms with E-state index in [9.17, 15) is 9.59 Å². The lowest BCUT2D eigenvalue weighted by molar-refractivity contribution is -0.138. The van der Waals surface area contributed by atoms with Crippen LogP contribution in [-0.4, -0.2) is 43.7 Å². The Morgan fingerprint density at radius 1 is 1.00 bits per heavy atom. The number of ether oxygens (including phenoxy) is 3. The van der Waals surface area contributed by atoms with Crippen molar-refractivity contribution in [2.24, 2.45) is 0 Å².